The molecule has 0 fully saturated rings. The second kappa shape index (κ2) is 7.57. The molecule has 2 aliphatic rings. The van der Waals surface area contributed by atoms with Gasteiger partial charge >= 0.3 is 0 Å². The average Bonchev–Trinajstić information content (AvgIpc) is 2.70. The zero-order valence-corrected chi connectivity index (χ0v) is 14.6. The molecule has 2 aromatic rings. The van der Waals surface area contributed by atoms with Crippen molar-refractivity contribution >= 4 is 5.57 Å². The van der Waals surface area contributed by atoms with Crippen LogP contribution in [0.2, 0.25) is 0 Å². The van der Waals surface area contributed by atoms with Gasteiger partial charge in [0.05, 0.1) is 6.04 Å². The van der Waals surface area contributed by atoms with E-state index < -0.39 is 0 Å². The fourth-order valence-corrected chi connectivity index (χ4v) is 3.93. The minimum absolute atomic E-state index is 0.366. The topological polar surface area (TPSA) is 3.24 Å². The maximum Gasteiger partial charge on any atom is 0.0724 e. The molecule has 25 heavy (non-hydrogen) atoms. The summed E-state index contributed by atoms with van der Waals surface area (Å²) in [5.74, 6) is 0.731. The van der Waals surface area contributed by atoms with E-state index in [1.165, 1.54) is 36.0 Å². The van der Waals surface area contributed by atoms with Gasteiger partial charge < -0.3 is 4.90 Å². The Balaban J connectivity index is 1.43. The largest absolute Gasteiger partial charge is 0.367 e. The van der Waals surface area contributed by atoms with Gasteiger partial charge in [0.15, 0.2) is 0 Å². The highest BCUT2D eigenvalue weighted by Crippen LogP contribution is 2.33. The standard InChI is InChI=1S/C24H25N/c1-3-9-21(10-4-1)22-16-14-20(15-17-22)19-25-18-8-7-13-24(25)23-11-5-2-6-12-23/h1-13,16,18,20,24H,14-15,17,19H2. The summed E-state index contributed by atoms with van der Waals surface area (Å²) in [7, 11) is 0. The molecule has 0 aromatic heterocycles. The molecule has 0 radical (unpaired) electrons. The molecule has 2 atom stereocenters. The van der Waals surface area contributed by atoms with Gasteiger partial charge in [0.1, 0.15) is 0 Å². The molecule has 2 aromatic carbocycles. The smallest absolute Gasteiger partial charge is 0.0724 e. The number of nitrogens with zero attached hydrogens (tertiary/aromatic N) is 1. The monoisotopic (exact) mass is 327 g/mol. The lowest BCUT2D eigenvalue weighted by molar-refractivity contribution is 0.258. The van der Waals surface area contributed by atoms with Crippen molar-refractivity contribution in [1.29, 1.82) is 0 Å². The highest BCUT2D eigenvalue weighted by atomic mass is 15.1. The van der Waals surface area contributed by atoms with E-state index in [-0.39, 0.29) is 0 Å². The molecule has 0 amide bonds. The third-order valence-electron chi connectivity index (χ3n) is 5.31. The summed E-state index contributed by atoms with van der Waals surface area (Å²) in [5, 5.41) is 0. The second-order valence-electron chi connectivity index (χ2n) is 7.01. The van der Waals surface area contributed by atoms with Crippen molar-refractivity contribution < 1.29 is 0 Å². The lowest BCUT2D eigenvalue weighted by atomic mass is 9.86. The quantitative estimate of drug-likeness (QED) is 0.666. The third kappa shape index (κ3) is 3.76. The first-order chi connectivity index (χ1) is 12.4. The SMILES string of the molecule is C1=CC(c2ccccc2)N(CC2CC=C(c3ccccc3)CC2)C=C1. The van der Waals surface area contributed by atoms with E-state index in [1.54, 1.807) is 0 Å². The van der Waals surface area contributed by atoms with Gasteiger partial charge in [0.25, 0.3) is 0 Å². The van der Waals surface area contributed by atoms with Crippen LogP contribution in [-0.4, -0.2) is 11.4 Å². The Labute approximate surface area is 151 Å². The van der Waals surface area contributed by atoms with E-state index in [1.807, 2.05) is 0 Å². The molecule has 1 heterocycles. The number of hydrogen-bond acceptors (Lipinski definition) is 1. The van der Waals surface area contributed by atoms with E-state index in [9.17, 15) is 0 Å². The van der Waals surface area contributed by atoms with Crippen LogP contribution >= 0.6 is 0 Å². The Hall–Kier alpha value is -2.54. The summed E-state index contributed by atoms with van der Waals surface area (Å²) in [6.07, 6.45) is 15.0. The Bertz CT molecular complexity index is 770. The van der Waals surface area contributed by atoms with Crippen LogP contribution in [0.1, 0.15) is 36.4 Å². The third-order valence-corrected chi connectivity index (χ3v) is 5.31. The second-order valence-corrected chi connectivity index (χ2v) is 7.01. The molecule has 126 valence electrons. The molecule has 1 aliphatic carbocycles. The molecule has 0 saturated carbocycles. The average molecular weight is 327 g/mol. The maximum atomic E-state index is 2.50. The first-order valence-corrected chi connectivity index (χ1v) is 9.30. The Morgan fingerprint density at radius 3 is 2.36 bits per heavy atom. The van der Waals surface area contributed by atoms with Gasteiger partial charge in [-0.15, -0.1) is 0 Å². The van der Waals surface area contributed by atoms with Gasteiger partial charge in [-0.05, 0) is 54.2 Å². The van der Waals surface area contributed by atoms with Crippen molar-refractivity contribution in [2.75, 3.05) is 6.54 Å². The maximum absolute atomic E-state index is 2.50. The van der Waals surface area contributed by atoms with E-state index in [0.717, 1.165) is 12.5 Å². The van der Waals surface area contributed by atoms with Crippen LogP contribution in [0.5, 0.6) is 0 Å². The van der Waals surface area contributed by atoms with Crippen LogP contribution < -0.4 is 0 Å². The summed E-state index contributed by atoms with van der Waals surface area (Å²) < 4.78 is 0. The minimum atomic E-state index is 0.366. The Kier molecular flexibility index (Phi) is 4.83. The van der Waals surface area contributed by atoms with Crippen LogP contribution in [0, 0.1) is 5.92 Å². The van der Waals surface area contributed by atoms with Gasteiger partial charge in [-0.2, -0.15) is 0 Å². The zero-order chi connectivity index (χ0) is 16.9. The molecular formula is C24H25N. The van der Waals surface area contributed by atoms with Crippen molar-refractivity contribution in [3.8, 4) is 0 Å². The van der Waals surface area contributed by atoms with Gasteiger partial charge in [-0.1, -0.05) is 78.9 Å². The van der Waals surface area contributed by atoms with E-state index >= 15 is 0 Å². The Morgan fingerprint density at radius 2 is 1.64 bits per heavy atom. The summed E-state index contributed by atoms with van der Waals surface area (Å²) >= 11 is 0. The number of rotatable bonds is 4. The van der Waals surface area contributed by atoms with Crippen molar-refractivity contribution in [2.24, 2.45) is 5.92 Å². The molecule has 1 aliphatic heterocycles. The molecule has 1 heteroatoms. The van der Waals surface area contributed by atoms with Crippen molar-refractivity contribution in [3.05, 3.63) is 102 Å². The number of allylic oxidation sites excluding steroid dienone is 4. The van der Waals surface area contributed by atoms with Crippen LogP contribution in [-0.2, 0) is 0 Å². The van der Waals surface area contributed by atoms with Crippen LogP contribution in [0.25, 0.3) is 5.57 Å². The van der Waals surface area contributed by atoms with Gasteiger partial charge in [0, 0.05) is 6.54 Å². The molecule has 0 bridgehead atoms. The Morgan fingerprint density at radius 1 is 0.880 bits per heavy atom. The fraction of sp³-hybridized carbons (Fsp3) is 0.250. The summed E-state index contributed by atoms with van der Waals surface area (Å²) in [4.78, 5) is 2.50. The summed E-state index contributed by atoms with van der Waals surface area (Å²) in [5.41, 5.74) is 4.29. The van der Waals surface area contributed by atoms with Gasteiger partial charge in [-0.3, -0.25) is 0 Å². The van der Waals surface area contributed by atoms with Gasteiger partial charge in [-0.25, -0.2) is 0 Å². The lowest BCUT2D eigenvalue weighted by Crippen LogP contribution is -2.30. The molecule has 2 unspecified atom stereocenters. The zero-order valence-electron chi connectivity index (χ0n) is 14.6. The molecule has 1 nitrogen and oxygen atoms in total. The van der Waals surface area contributed by atoms with Crippen molar-refractivity contribution in [2.45, 2.75) is 25.3 Å². The number of benzene rings is 2. The first kappa shape index (κ1) is 16.0. The van der Waals surface area contributed by atoms with Crippen LogP contribution in [0.3, 0.4) is 0 Å². The highest BCUT2D eigenvalue weighted by molar-refractivity contribution is 5.66. The first-order valence-electron chi connectivity index (χ1n) is 9.30. The number of hydrogen-bond donors (Lipinski definition) is 0. The van der Waals surface area contributed by atoms with Crippen LogP contribution in [0.4, 0.5) is 0 Å². The van der Waals surface area contributed by atoms with E-state index in [0.29, 0.717) is 6.04 Å². The van der Waals surface area contributed by atoms with Crippen LogP contribution in [0.15, 0.2) is 91.2 Å². The van der Waals surface area contributed by atoms with Crippen molar-refractivity contribution in [1.82, 2.24) is 4.90 Å². The minimum Gasteiger partial charge on any atom is -0.367 e. The molecule has 0 saturated heterocycles. The highest BCUT2D eigenvalue weighted by Gasteiger charge is 2.22. The summed E-state index contributed by atoms with van der Waals surface area (Å²) in [6, 6.07) is 22.0. The molecule has 0 N–H and O–H groups in total. The molecular weight excluding hydrogens is 302 g/mol. The fourth-order valence-electron chi connectivity index (χ4n) is 3.93. The lowest BCUT2D eigenvalue weighted by Gasteiger charge is -2.35. The van der Waals surface area contributed by atoms with E-state index in [2.05, 4.69) is 96.1 Å². The predicted octanol–water partition coefficient (Wildman–Crippen LogP) is 6.00. The van der Waals surface area contributed by atoms with E-state index in [4.69, 9.17) is 0 Å². The predicted molar refractivity (Wildman–Crippen MR) is 106 cm³/mol. The molecule has 4 rings (SSSR count). The summed E-state index contributed by atoms with van der Waals surface area (Å²) in [6.45, 7) is 1.12. The normalized spacial score (nSPS) is 22.7. The van der Waals surface area contributed by atoms with Crippen molar-refractivity contribution in [3.63, 3.8) is 0 Å². The van der Waals surface area contributed by atoms with Gasteiger partial charge in [0.2, 0.25) is 0 Å². The molecule has 0 spiro atoms.